The highest BCUT2D eigenvalue weighted by atomic mass is 19.1. The van der Waals surface area contributed by atoms with Crippen LogP contribution in [0.15, 0.2) is 24.3 Å². The molecule has 0 aliphatic heterocycles. The van der Waals surface area contributed by atoms with E-state index in [1.807, 2.05) is 0 Å². The zero-order valence-electron chi connectivity index (χ0n) is 11.0. The van der Waals surface area contributed by atoms with Crippen molar-refractivity contribution in [3.05, 3.63) is 35.6 Å². The topological polar surface area (TPSA) is 81.7 Å². The molecule has 108 valence electrons. The third-order valence-corrected chi connectivity index (χ3v) is 2.50. The second-order valence-corrected chi connectivity index (χ2v) is 3.84. The number of rotatable bonds is 5. The fraction of sp³-hybridized carbons (Fsp3) is 0.308. The summed E-state index contributed by atoms with van der Waals surface area (Å²) in [5, 5.41) is 2.33. The summed E-state index contributed by atoms with van der Waals surface area (Å²) in [4.78, 5) is 34.5. The average Bonchev–Trinajstić information content (AvgIpc) is 2.46. The van der Waals surface area contributed by atoms with Crippen LogP contribution in [0.5, 0.6) is 0 Å². The number of hydrogen-bond acceptors (Lipinski definition) is 5. The second kappa shape index (κ2) is 7.22. The fourth-order valence-electron chi connectivity index (χ4n) is 1.43. The van der Waals surface area contributed by atoms with Gasteiger partial charge in [0.15, 0.2) is 0 Å². The summed E-state index contributed by atoms with van der Waals surface area (Å²) < 4.78 is 21.7. The molecule has 0 aromatic heterocycles. The van der Waals surface area contributed by atoms with Crippen molar-refractivity contribution in [2.45, 2.75) is 12.5 Å². The van der Waals surface area contributed by atoms with E-state index >= 15 is 0 Å². The van der Waals surface area contributed by atoms with Crippen LogP contribution in [0.2, 0.25) is 0 Å². The number of benzene rings is 1. The average molecular weight is 283 g/mol. The predicted molar refractivity (Wildman–Crippen MR) is 66.3 cm³/mol. The summed E-state index contributed by atoms with van der Waals surface area (Å²) in [5.74, 6) is -2.55. The van der Waals surface area contributed by atoms with Crippen molar-refractivity contribution in [1.29, 1.82) is 0 Å². The first-order valence-electron chi connectivity index (χ1n) is 5.69. The molecule has 0 saturated heterocycles. The largest absolute Gasteiger partial charge is 0.469 e. The molecular formula is C13H14FNO5. The van der Waals surface area contributed by atoms with Crippen LogP contribution < -0.4 is 5.32 Å². The molecule has 1 amide bonds. The maximum Gasteiger partial charge on any atom is 0.328 e. The number of carbonyl (C=O) groups is 3. The monoisotopic (exact) mass is 283 g/mol. The van der Waals surface area contributed by atoms with Crippen molar-refractivity contribution in [3.8, 4) is 0 Å². The van der Waals surface area contributed by atoms with Gasteiger partial charge < -0.3 is 14.8 Å². The van der Waals surface area contributed by atoms with Gasteiger partial charge in [-0.15, -0.1) is 0 Å². The molecule has 1 unspecified atom stereocenters. The van der Waals surface area contributed by atoms with Gasteiger partial charge in [0.1, 0.15) is 11.9 Å². The molecule has 1 N–H and O–H groups in total. The van der Waals surface area contributed by atoms with Gasteiger partial charge in [-0.25, -0.2) is 9.18 Å². The third kappa shape index (κ3) is 4.34. The summed E-state index contributed by atoms with van der Waals surface area (Å²) >= 11 is 0. The SMILES string of the molecule is COC(=O)CC(NC(=O)c1ccc(F)cc1)C(=O)OC. The Kier molecular flexibility index (Phi) is 5.64. The Morgan fingerprint density at radius 3 is 2.25 bits per heavy atom. The maximum absolute atomic E-state index is 12.7. The molecule has 20 heavy (non-hydrogen) atoms. The van der Waals surface area contributed by atoms with Crippen LogP contribution in [-0.2, 0) is 19.1 Å². The molecule has 0 aliphatic carbocycles. The number of carbonyl (C=O) groups excluding carboxylic acids is 3. The highest BCUT2D eigenvalue weighted by molar-refractivity contribution is 5.97. The van der Waals surface area contributed by atoms with Gasteiger partial charge in [-0.05, 0) is 24.3 Å². The van der Waals surface area contributed by atoms with Crippen LogP contribution >= 0.6 is 0 Å². The molecule has 0 fully saturated rings. The van der Waals surface area contributed by atoms with Gasteiger partial charge >= 0.3 is 11.9 Å². The van der Waals surface area contributed by atoms with Crippen LogP contribution in [0.4, 0.5) is 4.39 Å². The molecular weight excluding hydrogens is 269 g/mol. The first-order valence-corrected chi connectivity index (χ1v) is 5.69. The Morgan fingerprint density at radius 2 is 1.75 bits per heavy atom. The highest BCUT2D eigenvalue weighted by Crippen LogP contribution is 2.05. The van der Waals surface area contributed by atoms with Crippen LogP contribution in [0.3, 0.4) is 0 Å². The van der Waals surface area contributed by atoms with Gasteiger partial charge in [-0.3, -0.25) is 9.59 Å². The first kappa shape index (κ1) is 15.6. The summed E-state index contributed by atoms with van der Waals surface area (Å²) in [7, 11) is 2.30. The van der Waals surface area contributed by atoms with Crippen molar-refractivity contribution >= 4 is 17.8 Å². The lowest BCUT2D eigenvalue weighted by molar-refractivity contribution is -0.149. The lowest BCUT2D eigenvalue weighted by Gasteiger charge is -2.15. The maximum atomic E-state index is 12.7. The quantitative estimate of drug-likeness (QED) is 0.803. The van der Waals surface area contributed by atoms with Crippen molar-refractivity contribution in [2.24, 2.45) is 0 Å². The van der Waals surface area contributed by atoms with Crippen molar-refractivity contribution in [2.75, 3.05) is 14.2 Å². The molecule has 0 aliphatic rings. The number of amides is 1. The molecule has 7 heteroatoms. The lowest BCUT2D eigenvalue weighted by Crippen LogP contribution is -2.43. The number of nitrogens with one attached hydrogen (secondary N) is 1. The van der Waals surface area contributed by atoms with Gasteiger partial charge in [0.2, 0.25) is 0 Å². The highest BCUT2D eigenvalue weighted by Gasteiger charge is 2.25. The smallest absolute Gasteiger partial charge is 0.328 e. The second-order valence-electron chi connectivity index (χ2n) is 3.84. The molecule has 0 radical (unpaired) electrons. The molecule has 1 aromatic rings. The van der Waals surface area contributed by atoms with E-state index < -0.39 is 29.7 Å². The lowest BCUT2D eigenvalue weighted by atomic mass is 10.1. The molecule has 0 heterocycles. The van der Waals surface area contributed by atoms with Gasteiger partial charge in [0.25, 0.3) is 5.91 Å². The van der Waals surface area contributed by atoms with E-state index in [2.05, 4.69) is 14.8 Å². The van der Waals surface area contributed by atoms with E-state index in [4.69, 9.17) is 0 Å². The van der Waals surface area contributed by atoms with Crippen molar-refractivity contribution in [3.63, 3.8) is 0 Å². The molecule has 0 bridgehead atoms. The number of esters is 2. The molecule has 1 atom stereocenters. The minimum Gasteiger partial charge on any atom is -0.469 e. The Bertz CT molecular complexity index is 500. The van der Waals surface area contributed by atoms with Gasteiger partial charge in [0.05, 0.1) is 20.6 Å². The van der Waals surface area contributed by atoms with Crippen LogP contribution in [-0.4, -0.2) is 38.1 Å². The zero-order valence-corrected chi connectivity index (χ0v) is 11.0. The van der Waals surface area contributed by atoms with Gasteiger partial charge in [0, 0.05) is 5.56 Å². The standard InChI is InChI=1S/C13H14FNO5/c1-19-11(16)7-10(13(18)20-2)15-12(17)8-3-5-9(14)6-4-8/h3-6,10H,7H2,1-2H3,(H,15,17). The Balaban J connectivity index is 2.78. The number of ether oxygens (including phenoxy) is 2. The van der Waals surface area contributed by atoms with Gasteiger partial charge in [-0.1, -0.05) is 0 Å². The van der Waals surface area contributed by atoms with E-state index in [0.717, 1.165) is 19.2 Å². The minimum absolute atomic E-state index is 0.158. The Morgan fingerprint density at radius 1 is 1.15 bits per heavy atom. The normalized spacial score (nSPS) is 11.3. The molecule has 6 nitrogen and oxygen atoms in total. The summed E-state index contributed by atoms with van der Waals surface area (Å²) in [5.41, 5.74) is 0.158. The fourth-order valence-corrected chi connectivity index (χ4v) is 1.43. The first-order chi connectivity index (χ1) is 9.47. The summed E-state index contributed by atoms with van der Waals surface area (Å²) in [6, 6.07) is 3.59. The van der Waals surface area contributed by atoms with E-state index in [1.54, 1.807) is 0 Å². The Labute approximate surface area is 114 Å². The van der Waals surface area contributed by atoms with Crippen LogP contribution in [0.25, 0.3) is 0 Å². The molecule has 1 aromatic carbocycles. The minimum atomic E-state index is -1.16. The van der Waals surface area contributed by atoms with E-state index in [1.165, 1.54) is 19.2 Å². The molecule has 0 saturated carbocycles. The van der Waals surface area contributed by atoms with Gasteiger partial charge in [-0.2, -0.15) is 0 Å². The third-order valence-electron chi connectivity index (χ3n) is 2.50. The zero-order chi connectivity index (χ0) is 15.1. The molecule has 1 rings (SSSR count). The van der Waals surface area contributed by atoms with Crippen molar-refractivity contribution in [1.82, 2.24) is 5.32 Å². The van der Waals surface area contributed by atoms with Crippen LogP contribution in [0, 0.1) is 5.82 Å². The Hall–Kier alpha value is -2.44. The van der Waals surface area contributed by atoms with E-state index in [9.17, 15) is 18.8 Å². The van der Waals surface area contributed by atoms with E-state index in [-0.39, 0.29) is 12.0 Å². The predicted octanol–water partition coefficient (Wildman–Crippen LogP) is 0.660. The number of hydrogen-bond donors (Lipinski definition) is 1. The number of halogens is 1. The summed E-state index contributed by atoms with van der Waals surface area (Å²) in [6.45, 7) is 0. The summed E-state index contributed by atoms with van der Waals surface area (Å²) in [6.07, 6.45) is -0.351. The van der Waals surface area contributed by atoms with E-state index in [0.29, 0.717) is 0 Å². The molecule has 0 spiro atoms. The number of methoxy groups -OCH3 is 2. The van der Waals surface area contributed by atoms with Crippen molar-refractivity contribution < 1.29 is 28.2 Å². The van der Waals surface area contributed by atoms with Crippen LogP contribution in [0.1, 0.15) is 16.8 Å².